The van der Waals surface area contributed by atoms with Crippen LogP contribution >= 0.6 is 0 Å². The monoisotopic (exact) mass is 686 g/mol. The molecule has 6 N–H and O–H groups in total. The fraction of sp³-hybridized carbons (Fsp3) is 0.286. The number of hydrogen-bond donors (Lipinski definition) is 5. The van der Waals surface area contributed by atoms with Gasteiger partial charge in [0.2, 0.25) is 0 Å². The third kappa shape index (κ3) is 10.2. The molecule has 1 fully saturated rings. The highest BCUT2D eigenvalue weighted by molar-refractivity contribution is 5.74. The molecule has 0 spiro atoms. The molecule has 51 heavy (non-hydrogen) atoms. The fourth-order valence-corrected chi connectivity index (χ4v) is 5.94. The summed E-state index contributed by atoms with van der Waals surface area (Å²) in [5.41, 5.74) is 25.7. The zero-order chi connectivity index (χ0) is 36.2. The van der Waals surface area contributed by atoms with E-state index in [0.29, 0.717) is 13.2 Å². The van der Waals surface area contributed by atoms with Gasteiger partial charge in [-0.2, -0.15) is 5.10 Å². The van der Waals surface area contributed by atoms with E-state index in [1.807, 2.05) is 48.5 Å². The molecule has 0 bridgehead atoms. The van der Waals surface area contributed by atoms with E-state index in [4.69, 9.17) is 25.4 Å². The molecule has 9 nitrogen and oxygen atoms in total. The van der Waals surface area contributed by atoms with Crippen LogP contribution in [0, 0.1) is 5.41 Å². The second-order valence-electron chi connectivity index (χ2n) is 13.5. The third-order valence-corrected chi connectivity index (χ3v) is 8.83. The van der Waals surface area contributed by atoms with Gasteiger partial charge in [-0.05, 0) is 81.6 Å². The Morgan fingerprint density at radius 3 is 2.02 bits per heavy atom. The van der Waals surface area contributed by atoms with Crippen molar-refractivity contribution >= 4 is 19.0 Å². The molecule has 0 amide bonds. The van der Waals surface area contributed by atoms with Crippen molar-refractivity contribution in [3.63, 3.8) is 0 Å². The van der Waals surface area contributed by atoms with Crippen LogP contribution in [-0.2, 0) is 32.8 Å². The summed E-state index contributed by atoms with van der Waals surface area (Å²) in [7, 11) is 0. The Balaban J connectivity index is 0.00000248. The van der Waals surface area contributed by atoms with Gasteiger partial charge in [-0.1, -0.05) is 124 Å². The van der Waals surface area contributed by atoms with Crippen molar-refractivity contribution in [2.24, 2.45) is 10.8 Å². The number of nitrogens with one attached hydrogen (secondary N) is 4. The van der Waals surface area contributed by atoms with Gasteiger partial charge >= 0.3 is 0 Å². The minimum Gasteiger partial charge on any atom is -0.355 e. The quantitative estimate of drug-likeness (QED) is 0.0543. The normalized spacial score (nSPS) is 18.2. The molecule has 9 heteroatoms. The highest BCUT2D eigenvalue weighted by Crippen LogP contribution is 2.31. The fourth-order valence-electron chi connectivity index (χ4n) is 5.94. The Morgan fingerprint density at radius 2 is 1.43 bits per heavy atom. The summed E-state index contributed by atoms with van der Waals surface area (Å²) >= 11 is 0. The summed E-state index contributed by atoms with van der Waals surface area (Å²) in [6, 6.07) is 33.0. The Morgan fingerprint density at radius 1 is 0.843 bits per heavy atom. The second kappa shape index (κ2) is 18.0. The van der Waals surface area contributed by atoms with E-state index in [9.17, 15) is 0 Å². The van der Waals surface area contributed by atoms with Crippen molar-refractivity contribution in [3.05, 3.63) is 160 Å². The Labute approximate surface area is 302 Å². The van der Waals surface area contributed by atoms with Crippen LogP contribution in [0.4, 0.5) is 0 Å². The number of nitrogens with two attached hydrogens (primary N) is 1. The Bertz CT molecular complexity index is 1780. The number of rotatable bonds is 13. The molecule has 4 unspecified atom stereocenters. The van der Waals surface area contributed by atoms with Gasteiger partial charge in [0, 0.05) is 12.3 Å². The van der Waals surface area contributed by atoms with Gasteiger partial charge in [0.05, 0.1) is 13.2 Å². The second-order valence-corrected chi connectivity index (χ2v) is 13.5. The lowest BCUT2D eigenvalue weighted by Gasteiger charge is -2.21. The molecule has 266 valence electrons. The molecular weight excluding hydrogens is 637 g/mol. The van der Waals surface area contributed by atoms with Gasteiger partial charge in [0.25, 0.3) is 0 Å². The lowest BCUT2D eigenvalue weighted by Crippen LogP contribution is -2.27. The summed E-state index contributed by atoms with van der Waals surface area (Å²) in [6.07, 6.45) is 7.07. The molecule has 4 aromatic carbocycles. The first-order valence-electron chi connectivity index (χ1n) is 17.2. The topological polar surface area (TPSA) is 126 Å². The summed E-state index contributed by atoms with van der Waals surface area (Å²) in [4.78, 5) is 0. The van der Waals surface area contributed by atoms with Gasteiger partial charge in [0.15, 0.2) is 6.23 Å². The summed E-state index contributed by atoms with van der Waals surface area (Å²) in [5.74, 6) is 0. The van der Waals surface area contributed by atoms with E-state index in [1.165, 1.54) is 16.7 Å². The number of nitrogens with zero attached hydrogens (tertiary/aromatic N) is 1. The number of hydrazine groups is 1. The van der Waals surface area contributed by atoms with Crippen molar-refractivity contribution in [3.8, 4) is 0 Å². The van der Waals surface area contributed by atoms with E-state index in [1.54, 1.807) is 0 Å². The van der Waals surface area contributed by atoms with Crippen LogP contribution in [0.5, 0.6) is 0 Å². The molecule has 2 aliphatic rings. The lowest BCUT2D eigenvalue weighted by atomic mass is 9.87. The lowest BCUT2D eigenvalue weighted by molar-refractivity contribution is 0.0161. The van der Waals surface area contributed by atoms with Crippen LogP contribution in [0.25, 0.3) is 5.57 Å². The average molecular weight is 687 g/mol. The van der Waals surface area contributed by atoms with Gasteiger partial charge < -0.3 is 25.4 Å². The molecule has 4 atom stereocenters. The zero-order valence-corrected chi connectivity index (χ0v) is 29.8. The summed E-state index contributed by atoms with van der Waals surface area (Å²) in [6.45, 7) is 13.6. The molecule has 1 heterocycles. The Hall–Kier alpha value is -4.74. The number of allylic oxidation sites excluding steroid dienone is 4. The molecule has 0 aromatic heterocycles. The largest absolute Gasteiger partial charge is 0.355 e. The number of hydrogen-bond acceptors (Lipinski definition) is 9. The molecule has 1 aliphatic heterocycles. The molecular formula is C42H50N6O3. The SMILES string of the molecule is C=N.C=NNC(OCc1ccc(C(C)(C)C)cc1)c1cccc(C2NNC(c3cccc(C(N)OCc4ccc(C5=CCCC=C5)cc4)c3)O2)c1. The standard InChI is InChI=1S/C41H47N5O3.CH3N/c1-41(2,3)36-22-18-29(19-23-36)27-48-38(44-43-4)33-13-9-15-35(25-33)40-46-45-39(49-40)34-14-8-12-32(24-34)37(42)47-26-28-16-20-31(21-17-28)30-10-6-5-7-11-30;1-2/h6,8-25,37-40,44-46H,4-5,7,26-27,42H2,1-3H3;2H,1H2. The smallest absolute Gasteiger partial charge is 0.169 e. The molecule has 6 rings (SSSR count). The first-order valence-corrected chi connectivity index (χ1v) is 17.2. The van der Waals surface area contributed by atoms with E-state index < -0.39 is 12.5 Å². The Kier molecular flexibility index (Phi) is 13.2. The molecule has 1 saturated heterocycles. The van der Waals surface area contributed by atoms with Crippen LogP contribution in [0.15, 0.2) is 120 Å². The minimum atomic E-state index is -0.579. The van der Waals surface area contributed by atoms with Crippen LogP contribution in [0.1, 0.15) is 103 Å². The number of ether oxygens (including phenoxy) is 3. The highest BCUT2D eigenvalue weighted by atomic mass is 16.5. The van der Waals surface area contributed by atoms with Crippen LogP contribution in [0.3, 0.4) is 0 Å². The summed E-state index contributed by atoms with van der Waals surface area (Å²) in [5, 5.41) is 9.41. The van der Waals surface area contributed by atoms with Gasteiger partial charge in [0.1, 0.15) is 18.7 Å². The highest BCUT2D eigenvalue weighted by Gasteiger charge is 2.28. The molecule has 4 aromatic rings. The van der Waals surface area contributed by atoms with Crippen LogP contribution in [-0.4, -0.2) is 13.4 Å². The number of hydrazone groups is 1. The minimum absolute atomic E-state index is 0.101. The molecule has 0 radical (unpaired) electrons. The molecule has 0 saturated carbocycles. The van der Waals surface area contributed by atoms with Crippen LogP contribution in [0.2, 0.25) is 0 Å². The maximum atomic E-state index is 6.48. The predicted molar refractivity (Wildman–Crippen MR) is 205 cm³/mol. The maximum Gasteiger partial charge on any atom is 0.169 e. The third-order valence-electron chi connectivity index (χ3n) is 8.83. The van der Waals surface area contributed by atoms with Crippen molar-refractivity contribution in [2.45, 2.75) is 77.2 Å². The van der Waals surface area contributed by atoms with Gasteiger partial charge in [-0.15, -0.1) is 0 Å². The number of benzene rings is 4. The van der Waals surface area contributed by atoms with Crippen molar-refractivity contribution in [1.29, 1.82) is 5.41 Å². The van der Waals surface area contributed by atoms with Gasteiger partial charge in [-0.3, -0.25) is 5.43 Å². The maximum absolute atomic E-state index is 6.48. The van der Waals surface area contributed by atoms with Crippen molar-refractivity contribution in [2.75, 3.05) is 0 Å². The van der Waals surface area contributed by atoms with Crippen molar-refractivity contribution in [1.82, 2.24) is 16.3 Å². The van der Waals surface area contributed by atoms with E-state index in [0.717, 1.165) is 46.2 Å². The van der Waals surface area contributed by atoms with E-state index >= 15 is 0 Å². The zero-order valence-electron chi connectivity index (χ0n) is 29.8. The first kappa shape index (κ1) is 37.5. The summed E-state index contributed by atoms with van der Waals surface area (Å²) < 4.78 is 18.7. The predicted octanol–water partition coefficient (Wildman–Crippen LogP) is 8.40. The van der Waals surface area contributed by atoms with Gasteiger partial charge in [-0.25, -0.2) is 10.9 Å². The first-order chi connectivity index (χ1) is 24.8. The van der Waals surface area contributed by atoms with E-state index in [-0.39, 0.29) is 17.9 Å². The van der Waals surface area contributed by atoms with Crippen LogP contribution < -0.4 is 22.0 Å². The van der Waals surface area contributed by atoms with Crippen molar-refractivity contribution < 1.29 is 14.2 Å². The average Bonchev–Trinajstić information content (AvgIpc) is 3.68. The van der Waals surface area contributed by atoms with E-state index in [2.05, 4.69) is 122 Å². The molecule has 1 aliphatic carbocycles.